The van der Waals surface area contributed by atoms with Gasteiger partial charge >= 0.3 is 12.4 Å². The number of carbonyl (C=O) groups is 1. The van der Waals surface area contributed by atoms with Crippen LogP contribution in [0.2, 0.25) is 0 Å². The van der Waals surface area contributed by atoms with Crippen LogP contribution in [0.1, 0.15) is 6.92 Å². The number of nitrogens with zero attached hydrogens (tertiary/aromatic N) is 1. The summed E-state index contributed by atoms with van der Waals surface area (Å²) >= 11 is 0. The first kappa shape index (κ1) is 8.90. The van der Waals surface area contributed by atoms with Gasteiger partial charge in [0.2, 0.25) is 0 Å². The summed E-state index contributed by atoms with van der Waals surface area (Å²) < 4.78 is 4.22. The molecule has 5 heteroatoms. The van der Waals surface area contributed by atoms with Crippen LogP contribution in [0.25, 0.3) is 0 Å². The minimum absolute atomic E-state index is 0.117. The van der Waals surface area contributed by atoms with Gasteiger partial charge in [-0.1, -0.05) is 0 Å². The van der Waals surface area contributed by atoms with Crippen LogP contribution in [-0.2, 0) is 14.3 Å². The molecule has 10 heavy (non-hydrogen) atoms. The van der Waals surface area contributed by atoms with Gasteiger partial charge < -0.3 is 4.74 Å². The van der Waals surface area contributed by atoms with E-state index in [9.17, 15) is 9.59 Å². The van der Waals surface area contributed by atoms with Crippen molar-refractivity contribution >= 4 is 12.4 Å². The van der Waals surface area contributed by atoms with Gasteiger partial charge in [-0.2, -0.15) is 0 Å². The zero-order chi connectivity index (χ0) is 8.15. The molecule has 0 aliphatic carbocycles. The number of rotatable bonds is 3. The Morgan fingerprint density at radius 2 is 2.30 bits per heavy atom. The SMILES string of the molecule is COC(=O)C(C)N(O)[C]=O. The highest BCUT2D eigenvalue weighted by Crippen LogP contribution is 1.92. The highest BCUT2D eigenvalue weighted by atomic mass is 16.5. The van der Waals surface area contributed by atoms with Gasteiger partial charge in [-0.15, -0.1) is 0 Å². The third kappa shape index (κ3) is 2.02. The fourth-order valence-corrected chi connectivity index (χ4v) is 0.349. The maximum absolute atomic E-state index is 10.5. The molecule has 1 unspecified atom stereocenters. The second-order valence-corrected chi connectivity index (χ2v) is 1.63. The third-order valence-electron chi connectivity index (χ3n) is 1.00. The highest BCUT2D eigenvalue weighted by molar-refractivity contribution is 5.77. The number of ether oxygens (including phenoxy) is 1. The lowest BCUT2D eigenvalue weighted by atomic mass is 10.3. The van der Waals surface area contributed by atoms with E-state index in [0.717, 1.165) is 13.5 Å². The summed E-state index contributed by atoms with van der Waals surface area (Å²) in [7, 11) is 1.16. The Balaban J connectivity index is 3.93. The molecule has 0 saturated heterocycles. The van der Waals surface area contributed by atoms with Gasteiger partial charge in [0.1, 0.15) is 0 Å². The molecule has 0 aliphatic rings. The number of amides is 1. The van der Waals surface area contributed by atoms with Crippen molar-refractivity contribution in [3.8, 4) is 0 Å². The molecule has 0 aromatic carbocycles. The van der Waals surface area contributed by atoms with Crippen LogP contribution >= 0.6 is 0 Å². The molecule has 0 heterocycles. The first-order valence-electron chi connectivity index (χ1n) is 2.57. The lowest BCUT2D eigenvalue weighted by Gasteiger charge is -2.13. The van der Waals surface area contributed by atoms with Crippen molar-refractivity contribution in [2.45, 2.75) is 13.0 Å². The molecule has 0 rings (SSSR count). The predicted octanol–water partition coefficient (Wildman–Crippen LogP) is -0.694. The van der Waals surface area contributed by atoms with Gasteiger partial charge in [-0.05, 0) is 6.92 Å². The van der Waals surface area contributed by atoms with E-state index >= 15 is 0 Å². The molecule has 1 N–H and O–H groups in total. The zero-order valence-electron chi connectivity index (χ0n) is 5.70. The second-order valence-electron chi connectivity index (χ2n) is 1.63. The summed E-state index contributed by atoms with van der Waals surface area (Å²) in [6, 6.07) is -0.998. The van der Waals surface area contributed by atoms with Crippen LogP contribution in [0.3, 0.4) is 0 Å². The largest absolute Gasteiger partial charge is 0.467 e. The molecule has 1 radical (unpaired) electrons. The Bertz CT molecular complexity index is 136. The zero-order valence-corrected chi connectivity index (χ0v) is 5.70. The minimum atomic E-state index is -0.998. The van der Waals surface area contributed by atoms with Crippen LogP contribution in [-0.4, -0.2) is 35.8 Å². The Kier molecular flexibility index (Phi) is 3.42. The molecule has 0 saturated carbocycles. The summed E-state index contributed by atoms with van der Waals surface area (Å²) in [5.74, 6) is -0.689. The van der Waals surface area contributed by atoms with E-state index in [-0.39, 0.29) is 5.06 Å². The van der Waals surface area contributed by atoms with Crippen LogP contribution in [0.5, 0.6) is 0 Å². The van der Waals surface area contributed by atoms with Crippen molar-refractivity contribution in [1.29, 1.82) is 0 Å². The normalized spacial score (nSPS) is 11.9. The molecule has 0 aromatic rings. The summed E-state index contributed by atoms with van der Waals surface area (Å²) in [5, 5.41) is 8.65. The van der Waals surface area contributed by atoms with Gasteiger partial charge in [-0.25, -0.2) is 9.86 Å². The first-order chi connectivity index (χ1) is 4.63. The standard InChI is InChI=1S/C5H8NO4/c1-4(5(8)10-2)6(9)3-7/h4,9H,1-2H3. The van der Waals surface area contributed by atoms with Gasteiger partial charge in [0.25, 0.3) is 0 Å². The number of esters is 1. The maximum Gasteiger partial charge on any atom is 0.338 e. The van der Waals surface area contributed by atoms with Gasteiger partial charge in [0.05, 0.1) is 7.11 Å². The smallest absolute Gasteiger partial charge is 0.338 e. The van der Waals surface area contributed by atoms with Crippen molar-refractivity contribution in [3.63, 3.8) is 0 Å². The van der Waals surface area contributed by atoms with E-state index in [2.05, 4.69) is 4.74 Å². The lowest BCUT2D eigenvalue weighted by molar-refractivity contribution is -0.155. The summed E-state index contributed by atoms with van der Waals surface area (Å²) in [6.07, 6.45) is 1.12. The predicted molar refractivity (Wildman–Crippen MR) is 30.8 cm³/mol. The number of methoxy groups -OCH3 is 1. The van der Waals surface area contributed by atoms with Crippen LogP contribution in [0.15, 0.2) is 0 Å². The average molecular weight is 146 g/mol. The Hall–Kier alpha value is -1.10. The first-order valence-corrected chi connectivity index (χ1v) is 2.57. The van der Waals surface area contributed by atoms with Crippen molar-refractivity contribution in [2.75, 3.05) is 7.11 Å². The maximum atomic E-state index is 10.5. The molecule has 57 valence electrons. The average Bonchev–Trinajstić information content (AvgIpc) is 2.00. The van der Waals surface area contributed by atoms with Crippen molar-refractivity contribution in [3.05, 3.63) is 0 Å². The Morgan fingerprint density at radius 1 is 1.80 bits per heavy atom. The minimum Gasteiger partial charge on any atom is -0.467 e. The molecule has 0 fully saturated rings. The summed E-state index contributed by atoms with van der Waals surface area (Å²) in [6.45, 7) is 1.32. The third-order valence-corrected chi connectivity index (χ3v) is 1.00. The van der Waals surface area contributed by atoms with Crippen molar-refractivity contribution in [2.24, 2.45) is 0 Å². The molecule has 0 bridgehead atoms. The molecule has 1 amide bonds. The van der Waals surface area contributed by atoms with Crippen LogP contribution in [0, 0.1) is 0 Å². The fraction of sp³-hybridized carbons (Fsp3) is 0.600. The number of hydrogen-bond acceptors (Lipinski definition) is 4. The molecular formula is C5H8NO4. The quantitative estimate of drug-likeness (QED) is 0.247. The summed E-state index contributed by atoms with van der Waals surface area (Å²) in [5.41, 5.74) is 0. The molecule has 5 nitrogen and oxygen atoms in total. The van der Waals surface area contributed by atoms with Crippen molar-refractivity contribution < 1.29 is 19.5 Å². The second kappa shape index (κ2) is 3.84. The van der Waals surface area contributed by atoms with E-state index in [1.54, 1.807) is 0 Å². The fourth-order valence-electron chi connectivity index (χ4n) is 0.349. The monoisotopic (exact) mass is 146 g/mol. The molecule has 0 spiro atoms. The number of carbonyl (C=O) groups excluding carboxylic acids is 2. The van der Waals surface area contributed by atoms with E-state index in [1.807, 2.05) is 0 Å². The van der Waals surface area contributed by atoms with E-state index in [0.29, 0.717) is 0 Å². The van der Waals surface area contributed by atoms with E-state index in [1.165, 1.54) is 6.92 Å². The Morgan fingerprint density at radius 3 is 2.60 bits per heavy atom. The van der Waals surface area contributed by atoms with E-state index < -0.39 is 12.0 Å². The topological polar surface area (TPSA) is 66.8 Å². The lowest BCUT2D eigenvalue weighted by Crippen LogP contribution is -2.36. The number of hydrogen-bond donors (Lipinski definition) is 1. The Labute approximate surface area is 58.1 Å². The van der Waals surface area contributed by atoms with Gasteiger partial charge in [0.15, 0.2) is 6.04 Å². The molecular weight excluding hydrogens is 138 g/mol. The number of hydroxylamine groups is 2. The van der Waals surface area contributed by atoms with E-state index in [4.69, 9.17) is 5.21 Å². The summed E-state index contributed by atoms with van der Waals surface area (Å²) in [4.78, 5) is 20.2. The van der Waals surface area contributed by atoms with Gasteiger partial charge in [-0.3, -0.25) is 10.0 Å². The van der Waals surface area contributed by atoms with Gasteiger partial charge in [0, 0.05) is 0 Å². The van der Waals surface area contributed by atoms with Crippen LogP contribution in [0.4, 0.5) is 0 Å². The van der Waals surface area contributed by atoms with Crippen LogP contribution < -0.4 is 0 Å². The van der Waals surface area contributed by atoms with Crippen molar-refractivity contribution in [1.82, 2.24) is 5.06 Å². The molecule has 0 aliphatic heterocycles. The highest BCUT2D eigenvalue weighted by Gasteiger charge is 2.19. The molecule has 1 atom stereocenters. The molecule has 0 aromatic heterocycles.